The van der Waals surface area contributed by atoms with Gasteiger partial charge in [0.1, 0.15) is 0 Å². The molecule has 1 rings (SSSR count). The lowest BCUT2D eigenvalue weighted by atomic mass is 10.0. The number of hydrogen-bond donors (Lipinski definition) is 0. The smallest absolute Gasteiger partial charge is 0.305 e. The number of carbonyl (C=O) groups excluding carboxylic acids is 4. The highest BCUT2D eigenvalue weighted by atomic mass is 16.7. The molecule has 0 bridgehead atoms. The van der Waals surface area contributed by atoms with E-state index in [4.69, 9.17) is 23.7 Å². The second-order valence-electron chi connectivity index (χ2n) is 4.61. The molecule has 0 aromatic heterocycles. The molecule has 22 heavy (non-hydrogen) atoms. The zero-order valence-corrected chi connectivity index (χ0v) is 12.7. The second-order valence-corrected chi connectivity index (χ2v) is 4.61. The van der Waals surface area contributed by atoms with E-state index in [0.29, 0.717) is 0 Å². The van der Waals surface area contributed by atoms with Crippen molar-refractivity contribution < 1.29 is 42.9 Å². The zero-order valence-electron chi connectivity index (χ0n) is 12.7. The van der Waals surface area contributed by atoms with E-state index in [0.717, 1.165) is 20.8 Å². The lowest BCUT2D eigenvalue weighted by Crippen LogP contribution is -2.58. The molecule has 0 spiro atoms. The van der Waals surface area contributed by atoms with Crippen LogP contribution in [0, 0.1) is 0 Å². The Hall–Kier alpha value is -2.16. The molecule has 0 aliphatic carbocycles. The van der Waals surface area contributed by atoms with Gasteiger partial charge in [0.15, 0.2) is 12.2 Å². The van der Waals surface area contributed by atoms with Crippen molar-refractivity contribution in [3.63, 3.8) is 0 Å². The number of carbonyl (C=O) groups is 4. The summed E-state index contributed by atoms with van der Waals surface area (Å²) in [5, 5.41) is 0. The van der Waals surface area contributed by atoms with E-state index in [1.54, 1.807) is 0 Å². The highest BCUT2D eigenvalue weighted by Gasteiger charge is 2.48. The molecule has 0 saturated carbocycles. The van der Waals surface area contributed by atoms with Crippen molar-refractivity contribution in [1.29, 1.82) is 0 Å². The van der Waals surface area contributed by atoms with E-state index in [1.165, 1.54) is 6.92 Å². The minimum atomic E-state index is -1.27. The van der Waals surface area contributed by atoms with Crippen molar-refractivity contribution in [1.82, 2.24) is 0 Å². The van der Waals surface area contributed by atoms with E-state index in [2.05, 4.69) is 0 Å². The summed E-state index contributed by atoms with van der Waals surface area (Å²) in [6, 6.07) is 0. The van der Waals surface area contributed by atoms with E-state index in [9.17, 15) is 19.2 Å². The van der Waals surface area contributed by atoms with Gasteiger partial charge in [0.2, 0.25) is 12.4 Å². The summed E-state index contributed by atoms with van der Waals surface area (Å²) in [5.41, 5.74) is 0. The quantitative estimate of drug-likeness (QED) is 0.509. The van der Waals surface area contributed by atoms with E-state index in [-0.39, 0.29) is 6.61 Å². The lowest BCUT2D eigenvalue weighted by Gasteiger charge is -2.39. The molecule has 0 aromatic carbocycles. The van der Waals surface area contributed by atoms with Crippen molar-refractivity contribution in [3.8, 4) is 0 Å². The summed E-state index contributed by atoms with van der Waals surface area (Å²) in [7, 11) is 0. The molecule has 0 amide bonds. The number of hydrogen-bond acceptors (Lipinski definition) is 9. The van der Waals surface area contributed by atoms with Gasteiger partial charge in [0, 0.05) is 27.7 Å². The molecule has 0 N–H and O–H groups in total. The van der Waals surface area contributed by atoms with Gasteiger partial charge in [-0.2, -0.15) is 0 Å². The Kier molecular flexibility index (Phi) is 6.29. The molecular weight excluding hydrogens is 300 g/mol. The van der Waals surface area contributed by atoms with Crippen molar-refractivity contribution in [2.75, 3.05) is 6.61 Å². The first-order valence-corrected chi connectivity index (χ1v) is 6.51. The normalized spacial score (nSPS) is 27.5. The molecule has 9 heteroatoms. The monoisotopic (exact) mass is 318 g/mol. The van der Waals surface area contributed by atoms with E-state index in [1.807, 2.05) is 0 Å². The molecule has 1 aliphatic rings. The molecule has 4 atom stereocenters. The summed E-state index contributed by atoms with van der Waals surface area (Å²) >= 11 is 0. The Morgan fingerprint density at radius 1 is 0.727 bits per heavy atom. The van der Waals surface area contributed by atoms with Crippen LogP contribution < -0.4 is 0 Å². The largest absolute Gasteiger partial charge is 0.456 e. The average Bonchev–Trinajstić information content (AvgIpc) is 2.34. The first-order chi connectivity index (χ1) is 10.2. The minimum Gasteiger partial charge on any atom is -0.456 e. The van der Waals surface area contributed by atoms with Gasteiger partial charge in [-0.05, 0) is 0 Å². The van der Waals surface area contributed by atoms with Gasteiger partial charge in [-0.1, -0.05) is 0 Å². The van der Waals surface area contributed by atoms with Crippen LogP contribution >= 0.6 is 0 Å². The Balaban J connectivity index is 3.03. The van der Waals surface area contributed by atoms with Gasteiger partial charge in [-0.25, -0.2) is 0 Å². The molecule has 1 heterocycles. The van der Waals surface area contributed by atoms with Crippen LogP contribution in [-0.2, 0) is 42.9 Å². The van der Waals surface area contributed by atoms with Gasteiger partial charge in [0.25, 0.3) is 0 Å². The van der Waals surface area contributed by atoms with Crippen LogP contribution in [0.15, 0.2) is 0 Å². The van der Waals surface area contributed by atoms with Crippen LogP contribution in [0.25, 0.3) is 0 Å². The van der Waals surface area contributed by atoms with Crippen molar-refractivity contribution in [2.45, 2.75) is 52.3 Å². The van der Waals surface area contributed by atoms with Crippen LogP contribution in [0.5, 0.6) is 0 Å². The number of esters is 4. The third-order valence-corrected chi connectivity index (χ3v) is 2.59. The molecule has 1 fully saturated rings. The maximum Gasteiger partial charge on any atom is 0.305 e. The summed E-state index contributed by atoms with van der Waals surface area (Å²) in [5.74, 6) is -2.68. The predicted octanol–water partition coefficient (Wildman–Crippen LogP) is -0.299. The molecule has 0 aromatic rings. The highest BCUT2D eigenvalue weighted by molar-refractivity contribution is 5.69. The van der Waals surface area contributed by atoms with Crippen LogP contribution in [-0.4, -0.2) is 55.1 Å². The second kappa shape index (κ2) is 7.74. The van der Waals surface area contributed by atoms with Crippen LogP contribution in [0.4, 0.5) is 0 Å². The van der Waals surface area contributed by atoms with Gasteiger partial charge >= 0.3 is 23.9 Å². The topological polar surface area (TPSA) is 114 Å². The molecule has 1 aliphatic heterocycles. The molecule has 9 nitrogen and oxygen atoms in total. The molecule has 124 valence electrons. The Morgan fingerprint density at radius 3 is 1.64 bits per heavy atom. The first-order valence-electron chi connectivity index (χ1n) is 6.51. The summed E-state index contributed by atoms with van der Waals surface area (Å²) < 4.78 is 25.2. The SMILES string of the molecule is CC(=O)O[C@@H]1OC[C@@H](OC(C)=O)[C@H](OC(C)=O)[C@H]1OC(C)=O. The lowest BCUT2D eigenvalue weighted by molar-refractivity contribution is -0.273. The molecule has 0 unspecified atom stereocenters. The van der Waals surface area contributed by atoms with Crippen LogP contribution in [0.3, 0.4) is 0 Å². The average molecular weight is 318 g/mol. The number of ether oxygens (including phenoxy) is 5. The fraction of sp³-hybridized carbons (Fsp3) is 0.692. The maximum atomic E-state index is 11.3. The number of rotatable bonds is 4. The molecule has 1 saturated heterocycles. The van der Waals surface area contributed by atoms with Gasteiger partial charge in [-0.15, -0.1) is 0 Å². The first kappa shape index (κ1) is 17.9. The standard InChI is InChI=1S/C13H18O9/c1-6(14)19-10-5-18-13(22-9(4)17)12(21-8(3)16)11(10)20-7(2)15/h10-13H,5H2,1-4H3/t10-,11+,12-,13+/m1/s1. The van der Waals surface area contributed by atoms with E-state index >= 15 is 0 Å². The maximum absolute atomic E-state index is 11.3. The van der Waals surface area contributed by atoms with Crippen molar-refractivity contribution in [3.05, 3.63) is 0 Å². The zero-order chi connectivity index (χ0) is 16.9. The Labute approximate surface area is 126 Å². The summed E-state index contributed by atoms with van der Waals surface area (Å²) in [6.45, 7) is 4.40. The Bertz CT molecular complexity index is 416. The fourth-order valence-corrected chi connectivity index (χ4v) is 1.97. The minimum absolute atomic E-state index is 0.187. The summed E-state index contributed by atoms with van der Waals surface area (Å²) in [6.07, 6.45) is -4.65. The Morgan fingerprint density at radius 2 is 1.18 bits per heavy atom. The molecular formula is C13H18O9. The van der Waals surface area contributed by atoms with Gasteiger partial charge in [0.05, 0.1) is 6.61 Å². The van der Waals surface area contributed by atoms with Crippen LogP contribution in [0.1, 0.15) is 27.7 Å². The van der Waals surface area contributed by atoms with E-state index < -0.39 is 48.5 Å². The summed E-state index contributed by atoms with van der Waals surface area (Å²) in [4.78, 5) is 44.7. The highest BCUT2D eigenvalue weighted by Crippen LogP contribution is 2.25. The van der Waals surface area contributed by atoms with Crippen LogP contribution in [0.2, 0.25) is 0 Å². The predicted molar refractivity (Wildman–Crippen MR) is 68.2 cm³/mol. The molecule has 0 radical (unpaired) electrons. The van der Waals surface area contributed by atoms with Crippen molar-refractivity contribution >= 4 is 23.9 Å². The third kappa shape index (κ3) is 5.32. The third-order valence-electron chi connectivity index (χ3n) is 2.59. The van der Waals surface area contributed by atoms with Crippen molar-refractivity contribution in [2.24, 2.45) is 0 Å². The fourth-order valence-electron chi connectivity index (χ4n) is 1.97. The van der Waals surface area contributed by atoms with Gasteiger partial charge < -0.3 is 23.7 Å². The van der Waals surface area contributed by atoms with Gasteiger partial charge in [-0.3, -0.25) is 19.2 Å².